The molecule has 2 N–H and O–H groups in total. The molecule has 0 saturated heterocycles. The van der Waals surface area contributed by atoms with Gasteiger partial charge in [0.1, 0.15) is 0 Å². The molecule has 0 aliphatic heterocycles. The lowest BCUT2D eigenvalue weighted by Crippen LogP contribution is -2.27. The summed E-state index contributed by atoms with van der Waals surface area (Å²) in [7, 11) is 0. The van der Waals surface area contributed by atoms with Gasteiger partial charge in [0.15, 0.2) is 0 Å². The zero-order valence-electron chi connectivity index (χ0n) is 10.7. The summed E-state index contributed by atoms with van der Waals surface area (Å²) in [6, 6.07) is 5.82. The molecular weight excluding hydrogens is 265 g/mol. The van der Waals surface area contributed by atoms with E-state index in [4.69, 9.17) is 28.9 Å². The Morgan fingerprint density at radius 3 is 2.33 bits per heavy atom. The van der Waals surface area contributed by atoms with Gasteiger partial charge >= 0.3 is 0 Å². The molecular formula is C15H21Cl2N. The number of benzene rings is 1. The molecule has 0 aromatic heterocycles. The molecule has 1 nitrogen and oxygen atoms in total. The molecule has 100 valence electrons. The van der Waals surface area contributed by atoms with Gasteiger partial charge in [-0.15, -0.1) is 0 Å². The number of halogens is 2. The minimum Gasteiger partial charge on any atom is -0.327 e. The van der Waals surface area contributed by atoms with E-state index in [1.165, 1.54) is 32.1 Å². The Balaban J connectivity index is 1.92. The highest BCUT2D eigenvalue weighted by Crippen LogP contribution is 2.30. The predicted molar refractivity (Wildman–Crippen MR) is 79.3 cm³/mol. The van der Waals surface area contributed by atoms with Crippen molar-refractivity contribution in [2.75, 3.05) is 0 Å². The van der Waals surface area contributed by atoms with Crippen LogP contribution in [-0.2, 0) is 6.42 Å². The number of rotatable bonds is 4. The smallest absolute Gasteiger partial charge is 0.0453 e. The summed E-state index contributed by atoms with van der Waals surface area (Å²) in [5, 5.41) is 1.48. The first-order valence-corrected chi connectivity index (χ1v) is 7.61. The van der Waals surface area contributed by atoms with E-state index in [1.54, 1.807) is 0 Å². The van der Waals surface area contributed by atoms with Crippen molar-refractivity contribution in [1.82, 2.24) is 0 Å². The van der Waals surface area contributed by atoms with E-state index in [0.717, 1.165) is 34.4 Å². The maximum absolute atomic E-state index is 6.26. The summed E-state index contributed by atoms with van der Waals surface area (Å²) in [5.41, 5.74) is 7.26. The lowest BCUT2D eigenvalue weighted by molar-refractivity contribution is 0.317. The molecule has 0 spiro atoms. The highest BCUT2D eigenvalue weighted by atomic mass is 35.5. The molecule has 1 saturated carbocycles. The van der Waals surface area contributed by atoms with Crippen LogP contribution in [0.1, 0.15) is 44.1 Å². The van der Waals surface area contributed by atoms with Gasteiger partial charge in [-0.05, 0) is 36.5 Å². The van der Waals surface area contributed by atoms with Crippen LogP contribution >= 0.6 is 23.2 Å². The number of hydrogen-bond acceptors (Lipinski definition) is 1. The van der Waals surface area contributed by atoms with E-state index in [2.05, 4.69) is 0 Å². The van der Waals surface area contributed by atoms with Crippen molar-refractivity contribution in [3.63, 3.8) is 0 Å². The van der Waals surface area contributed by atoms with Crippen LogP contribution in [0.2, 0.25) is 10.0 Å². The van der Waals surface area contributed by atoms with Gasteiger partial charge in [-0.1, -0.05) is 61.4 Å². The molecule has 1 aliphatic carbocycles. The summed E-state index contributed by atoms with van der Waals surface area (Å²) < 4.78 is 0. The van der Waals surface area contributed by atoms with Gasteiger partial charge < -0.3 is 5.73 Å². The van der Waals surface area contributed by atoms with Gasteiger partial charge in [0, 0.05) is 16.1 Å². The normalized spacial score (nSPS) is 18.8. The van der Waals surface area contributed by atoms with Crippen molar-refractivity contribution in [2.45, 2.75) is 51.0 Å². The molecule has 0 amide bonds. The van der Waals surface area contributed by atoms with Crippen molar-refractivity contribution in [2.24, 2.45) is 11.7 Å². The first-order chi connectivity index (χ1) is 8.66. The van der Waals surface area contributed by atoms with E-state index in [9.17, 15) is 0 Å². The van der Waals surface area contributed by atoms with E-state index < -0.39 is 0 Å². The Hall–Kier alpha value is -0.240. The maximum atomic E-state index is 6.26. The second-order valence-electron chi connectivity index (χ2n) is 5.40. The monoisotopic (exact) mass is 285 g/mol. The summed E-state index contributed by atoms with van der Waals surface area (Å²) in [6.45, 7) is 0. The Morgan fingerprint density at radius 1 is 1.11 bits per heavy atom. The van der Waals surface area contributed by atoms with Crippen LogP contribution < -0.4 is 5.73 Å². The Morgan fingerprint density at radius 2 is 1.72 bits per heavy atom. The Labute approximate surface area is 120 Å². The molecule has 3 heteroatoms. The van der Waals surface area contributed by atoms with Gasteiger partial charge in [0.2, 0.25) is 0 Å². The number of nitrogens with two attached hydrogens (primary N) is 1. The van der Waals surface area contributed by atoms with E-state index in [0.29, 0.717) is 0 Å². The zero-order valence-corrected chi connectivity index (χ0v) is 12.2. The van der Waals surface area contributed by atoms with Crippen LogP contribution in [0.3, 0.4) is 0 Å². The van der Waals surface area contributed by atoms with Gasteiger partial charge in [-0.3, -0.25) is 0 Å². The molecule has 0 heterocycles. The third kappa shape index (κ3) is 3.88. The fourth-order valence-corrected chi connectivity index (χ4v) is 3.48. The molecule has 2 rings (SSSR count). The molecule has 0 bridgehead atoms. The first-order valence-electron chi connectivity index (χ1n) is 6.85. The van der Waals surface area contributed by atoms with Crippen LogP contribution in [0.15, 0.2) is 18.2 Å². The minimum absolute atomic E-state index is 0.172. The van der Waals surface area contributed by atoms with E-state index in [1.807, 2.05) is 18.2 Å². The van der Waals surface area contributed by atoms with Gasteiger partial charge in [-0.2, -0.15) is 0 Å². The molecule has 18 heavy (non-hydrogen) atoms. The topological polar surface area (TPSA) is 26.0 Å². The summed E-state index contributed by atoms with van der Waals surface area (Å²) in [4.78, 5) is 0. The van der Waals surface area contributed by atoms with Gasteiger partial charge in [-0.25, -0.2) is 0 Å². The SMILES string of the molecule is NC(Cc1c(Cl)cccc1Cl)CC1CCCCC1. The second-order valence-corrected chi connectivity index (χ2v) is 6.22. The highest BCUT2D eigenvalue weighted by Gasteiger charge is 2.18. The Bertz CT molecular complexity index is 366. The second kappa shape index (κ2) is 6.79. The summed E-state index contributed by atoms with van der Waals surface area (Å²) >= 11 is 12.4. The molecule has 1 atom stereocenters. The van der Waals surface area contributed by atoms with Crippen molar-refractivity contribution in [3.8, 4) is 0 Å². The van der Waals surface area contributed by atoms with E-state index >= 15 is 0 Å². The molecule has 1 unspecified atom stereocenters. The van der Waals surface area contributed by atoms with Crippen molar-refractivity contribution >= 4 is 23.2 Å². The summed E-state index contributed by atoms with van der Waals surface area (Å²) in [6.07, 6.45) is 8.68. The van der Waals surface area contributed by atoms with Gasteiger partial charge in [0.05, 0.1) is 0 Å². The van der Waals surface area contributed by atoms with Crippen molar-refractivity contribution < 1.29 is 0 Å². The highest BCUT2D eigenvalue weighted by molar-refractivity contribution is 6.35. The van der Waals surface area contributed by atoms with Crippen molar-refractivity contribution in [3.05, 3.63) is 33.8 Å². The van der Waals surface area contributed by atoms with Crippen LogP contribution in [0.25, 0.3) is 0 Å². The molecule has 0 radical (unpaired) electrons. The molecule has 1 aromatic carbocycles. The first kappa shape index (κ1) is 14.2. The third-order valence-electron chi connectivity index (χ3n) is 3.89. The summed E-state index contributed by atoms with van der Waals surface area (Å²) in [5.74, 6) is 0.801. The predicted octanol–water partition coefficient (Wildman–Crippen LogP) is 4.83. The standard InChI is InChI=1S/C15H21Cl2N/c16-14-7-4-8-15(17)13(14)10-12(18)9-11-5-2-1-3-6-11/h4,7-8,11-12H,1-3,5-6,9-10,18H2. The van der Waals surface area contributed by atoms with Crippen LogP contribution in [-0.4, -0.2) is 6.04 Å². The average Bonchev–Trinajstić information content (AvgIpc) is 2.35. The van der Waals surface area contributed by atoms with Crippen LogP contribution in [0.5, 0.6) is 0 Å². The third-order valence-corrected chi connectivity index (χ3v) is 4.60. The average molecular weight is 286 g/mol. The lowest BCUT2D eigenvalue weighted by Gasteiger charge is -2.25. The lowest BCUT2D eigenvalue weighted by atomic mass is 9.84. The largest absolute Gasteiger partial charge is 0.327 e. The maximum Gasteiger partial charge on any atom is 0.0453 e. The molecule has 1 aliphatic rings. The van der Waals surface area contributed by atoms with Crippen molar-refractivity contribution in [1.29, 1.82) is 0 Å². The molecule has 1 aromatic rings. The molecule has 1 fully saturated rings. The zero-order chi connectivity index (χ0) is 13.0. The fourth-order valence-electron chi connectivity index (χ4n) is 2.92. The van der Waals surface area contributed by atoms with E-state index in [-0.39, 0.29) is 6.04 Å². The minimum atomic E-state index is 0.172. The van der Waals surface area contributed by atoms with Gasteiger partial charge in [0.25, 0.3) is 0 Å². The number of hydrogen-bond donors (Lipinski definition) is 1. The quantitative estimate of drug-likeness (QED) is 0.842. The van der Waals surface area contributed by atoms with Crippen LogP contribution in [0, 0.1) is 5.92 Å². The van der Waals surface area contributed by atoms with Crippen LogP contribution in [0.4, 0.5) is 0 Å². The fraction of sp³-hybridized carbons (Fsp3) is 0.600. The Kier molecular flexibility index (Phi) is 5.35.